The second kappa shape index (κ2) is 4.64. The van der Waals surface area contributed by atoms with Gasteiger partial charge in [0.15, 0.2) is 0 Å². The first-order valence-corrected chi connectivity index (χ1v) is 2.81. The minimum Gasteiger partial charge on any atom is -0.301 e. The second-order valence-corrected chi connectivity index (χ2v) is 1.98. The first-order valence-electron chi connectivity index (χ1n) is 2.81. The molecule has 0 spiro atoms. The van der Waals surface area contributed by atoms with E-state index in [0.717, 1.165) is 0 Å². The van der Waals surface area contributed by atoms with E-state index < -0.39 is 17.9 Å². The van der Waals surface area contributed by atoms with Crippen LogP contribution in [-0.2, 0) is 19.4 Å². The van der Waals surface area contributed by atoms with Gasteiger partial charge < -0.3 is 9.78 Å². The van der Waals surface area contributed by atoms with Crippen LogP contribution >= 0.6 is 0 Å². The minimum absolute atomic E-state index is 0.337. The molecule has 64 valence electrons. The summed E-state index contributed by atoms with van der Waals surface area (Å²) in [5, 5.41) is 15.6. The highest BCUT2D eigenvalue weighted by Crippen LogP contribution is 2.04. The molecule has 0 saturated heterocycles. The summed E-state index contributed by atoms with van der Waals surface area (Å²) in [7, 11) is 0. The van der Waals surface area contributed by atoms with E-state index in [2.05, 4.69) is 9.78 Å². The van der Waals surface area contributed by atoms with Crippen molar-refractivity contribution >= 4 is 11.9 Å². The van der Waals surface area contributed by atoms with Crippen molar-refractivity contribution in [2.75, 3.05) is 0 Å². The Kier molecular flexibility index (Phi) is 4.16. The van der Waals surface area contributed by atoms with Gasteiger partial charge in [0.1, 0.15) is 0 Å². The average Bonchev–Trinajstić information content (AvgIpc) is 2.02. The lowest BCUT2D eigenvalue weighted by Crippen LogP contribution is -2.17. The maximum atomic E-state index is 10.4. The van der Waals surface area contributed by atoms with E-state index in [-0.39, 0.29) is 6.42 Å². The second-order valence-electron chi connectivity index (χ2n) is 1.98. The highest BCUT2D eigenvalue weighted by Gasteiger charge is 2.19. The van der Waals surface area contributed by atoms with Crippen LogP contribution in [0.2, 0.25) is 0 Å². The molecule has 2 N–H and O–H groups in total. The van der Waals surface area contributed by atoms with Crippen molar-refractivity contribution in [1.29, 1.82) is 0 Å². The Morgan fingerprint density at radius 1 is 1.36 bits per heavy atom. The van der Waals surface area contributed by atoms with Gasteiger partial charge in [0.2, 0.25) is 0 Å². The van der Waals surface area contributed by atoms with Gasteiger partial charge in [-0.15, -0.1) is 0 Å². The van der Waals surface area contributed by atoms with Crippen LogP contribution in [0.25, 0.3) is 0 Å². The van der Waals surface area contributed by atoms with E-state index in [9.17, 15) is 9.59 Å². The minimum atomic E-state index is -0.956. The molecule has 0 radical (unpaired) electrons. The molecule has 11 heavy (non-hydrogen) atoms. The van der Waals surface area contributed by atoms with E-state index in [0.29, 0.717) is 0 Å². The molecule has 0 aromatic carbocycles. The first kappa shape index (κ1) is 9.86. The van der Waals surface area contributed by atoms with Crippen molar-refractivity contribution in [3.05, 3.63) is 0 Å². The highest BCUT2D eigenvalue weighted by molar-refractivity contribution is 5.78. The SMILES string of the molecule is CC(CC(=O)OO)C(=O)OO. The van der Waals surface area contributed by atoms with E-state index in [1.54, 1.807) is 0 Å². The standard InChI is InChI=1S/C5H8O6/c1-3(5(7)11-9)2-4(6)10-8/h3,8-9H,2H2,1H3. The Balaban J connectivity index is 3.77. The molecule has 0 amide bonds. The third-order valence-corrected chi connectivity index (χ3v) is 1.07. The maximum absolute atomic E-state index is 10.4. The van der Waals surface area contributed by atoms with Gasteiger partial charge >= 0.3 is 11.9 Å². The monoisotopic (exact) mass is 164 g/mol. The molecule has 0 bridgehead atoms. The Bertz CT molecular complexity index is 153. The number of hydrogen-bond acceptors (Lipinski definition) is 6. The van der Waals surface area contributed by atoms with Crippen LogP contribution in [0.4, 0.5) is 0 Å². The van der Waals surface area contributed by atoms with Gasteiger partial charge in [0.05, 0.1) is 12.3 Å². The largest absolute Gasteiger partial charge is 0.345 e. The third kappa shape index (κ3) is 3.54. The van der Waals surface area contributed by atoms with E-state index in [1.165, 1.54) is 6.92 Å². The fourth-order valence-corrected chi connectivity index (χ4v) is 0.461. The van der Waals surface area contributed by atoms with Crippen molar-refractivity contribution < 1.29 is 29.9 Å². The fraction of sp³-hybridized carbons (Fsp3) is 0.600. The molecule has 0 aromatic rings. The Morgan fingerprint density at radius 2 is 1.91 bits per heavy atom. The smallest absolute Gasteiger partial charge is 0.301 e. The molecule has 0 saturated carbocycles. The van der Waals surface area contributed by atoms with Crippen molar-refractivity contribution in [2.45, 2.75) is 13.3 Å². The summed E-state index contributed by atoms with van der Waals surface area (Å²) in [4.78, 5) is 27.3. The van der Waals surface area contributed by atoms with Crippen LogP contribution in [0.3, 0.4) is 0 Å². The molecule has 0 fully saturated rings. The van der Waals surface area contributed by atoms with Gasteiger partial charge in [-0.25, -0.2) is 9.59 Å². The summed E-state index contributed by atoms with van der Waals surface area (Å²) in [5.41, 5.74) is 0. The molecule has 0 rings (SSSR count). The van der Waals surface area contributed by atoms with Crippen molar-refractivity contribution in [3.8, 4) is 0 Å². The first-order chi connectivity index (χ1) is 5.11. The summed E-state index contributed by atoms with van der Waals surface area (Å²) in [5.74, 6) is -2.74. The maximum Gasteiger partial charge on any atom is 0.345 e. The molecule has 1 atom stereocenters. The number of hydrogen-bond donors (Lipinski definition) is 2. The van der Waals surface area contributed by atoms with Crippen LogP contribution in [0.5, 0.6) is 0 Å². The van der Waals surface area contributed by atoms with Crippen LogP contribution in [0.15, 0.2) is 0 Å². The summed E-state index contributed by atoms with van der Waals surface area (Å²) in [6.45, 7) is 1.34. The molecule has 0 aromatic heterocycles. The number of rotatable bonds is 3. The zero-order valence-corrected chi connectivity index (χ0v) is 5.81. The molecular formula is C5H8O6. The van der Waals surface area contributed by atoms with Crippen LogP contribution < -0.4 is 0 Å². The summed E-state index contributed by atoms with van der Waals surface area (Å²) in [6, 6.07) is 0. The zero-order valence-electron chi connectivity index (χ0n) is 5.81. The average molecular weight is 164 g/mol. The molecule has 6 heteroatoms. The topological polar surface area (TPSA) is 93.1 Å². The van der Waals surface area contributed by atoms with Crippen molar-refractivity contribution in [2.24, 2.45) is 5.92 Å². The fourth-order valence-electron chi connectivity index (χ4n) is 0.461. The van der Waals surface area contributed by atoms with Gasteiger partial charge in [0.25, 0.3) is 0 Å². The predicted octanol–water partition coefficient (Wildman–Crippen LogP) is 0.0450. The lowest BCUT2D eigenvalue weighted by atomic mass is 10.1. The lowest BCUT2D eigenvalue weighted by Gasteiger charge is -2.02. The van der Waals surface area contributed by atoms with Crippen molar-refractivity contribution in [3.63, 3.8) is 0 Å². The highest BCUT2D eigenvalue weighted by atomic mass is 17.1. The summed E-state index contributed by atoms with van der Waals surface area (Å²) < 4.78 is 0. The third-order valence-electron chi connectivity index (χ3n) is 1.07. The molecule has 1 unspecified atom stereocenters. The van der Waals surface area contributed by atoms with Gasteiger partial charge in [-0.05, 0) is 0 Å². The normalized spacial score (nSPS) is 11.9. The van der Waals surface area contributed by atoms with E-state index in [1.807, 2.05) is 0 Å². The van der Waals surface area contributed by atoms with Gasteiger partial charge in [-0.1, -0.05) is 6.92 Å². The summed E-state index contributed by atoms with van der Waals surface area (Å²) in [6.07, 6.45) is -0.337. The molecular weight excluding hydrogens is 156 g/mol. The molecule has 0 aliphatic heterocycles. The molecule has 0 aliphatic carbocycles. The quantitative estimate of drug-likeness (QED) is 0.452. The zero-order chi connectivity index (χ0) is 8.85. The van der Waals surface area contributed by atoms with E-state index in [4.69, 9.17) is 10.5 Å². The van der Waals surface area contributed by atoms with Crippen LogP contribution in [-0.4, -0.2) is 22.5 Å². The van der Waals surface area contributed by atoms with Crippen LogP contribution in [0, 0.1) is 5.92 Å². The summed E-state index contributed by atoms with van der Waals surface area (Å²) >= 11 is 0. The van der Waals surface area contributed by atoms with E-state index >= 15 is 0 Å². The number of carbonyl (C=O) groups is 2. The molecule has 6 nitrogen and oxygen atoms in total. The van der Waals surface area contributed by atoms with Crippen molar-refractivity contribution in [1.82, 2.24) is 0 Å². The predicted molar refractivity (Wildman–Crippen MR) is 31.2 cm³/mol. The number of carbonyl (C=O) groups excluding carboxylic acids is 2. The molecule has 0 heterocycles. The Morgan fingerprint density at radius 3 is 2.27 bits per heavy atom. The van der Waals surface area contributed by atoms with Gasteiger partial charge in [0, 0.05) is 0 Å². The van der Waals surface area contributed by atoms with Gasteiger partial charge in [-0.3, -0.25) is 0 Å². The Hall–Kier alpha value is -1.14. The van der Waals surface area contributed by atoms with Gasteiger partial charge in [-0.2, -0.15) is 10.5 Å². The van der Waals surface area contributed by atoms with Crippen LogP contribution in [0.1, 0.15) is 13.3 Å². The molecule has 0 aliphatic rings. The lowest BCUT2D eigenvalue weighted by molar-refractivity contribution is -0.244. The Labute approximate surface area is 62.2 Å².